The lowest BCUT2D eigenvalue weighted by Crippen LogP contribution is -2.69. The smallest absolute Gasteiger partial charge is 0.193 e. The molecule has 0 saturated carbocycles. The third-order valence-electron chi connectivity index (χ3n) is 10.4. The fourth-order valence-electron chi connectivity index (χ4n) is 4.63. The number of hydrogen-bond acceptors (Lipinski definition) is 6. The number of carbonyl (C=O) groups is 1. The largest absolute Gasteiger partial charge is 0.408 e. The Morgan fingerprint density at radius 1 is 0.780 bits per heavy atom. The average Bonchev–Trinajstić information content (AvgIpc) is 2.78. The quantitative estimate of drug-likeness (QED) is 0.127. The Morgan fingerprint density at radius 2 is 1.27 bits per heavy atom. The van der Waals surface area contributed by atoms with Crippen LogP contribution < -0.4 is 0 Å². The van der Waals surface area contributed by atoms with Crippen LogP contribution in [0.25, 0.3) is 0 Å². The van der Waals surface area contributed by atoms with Gasteiger partial charge in [-0.3, -0.25) is 0 Å². The van der Waals surface area contributed by atoms with Gasteiger partial charge in [0, 0.05) is 6.42 Å². The van der Waals surface area contributed by atoms with Crippen LogP contribution in [0.15, 0.2) is 10.2 Å². The molecule has 10 heteroatoms. The Kier molecular flexibility index (Phi) is 12.5. The van der Waals surface area contributed by atoms with Crippen molar-refractivity contribution in [3.05, 3.63) is 10.2 Å². The second-order valence-corrected chi connectivity index (χ2v) is 31.7. The molecule has 2 saturated heterocycles. The topological polar surface area (TPSA) is 63.2 Å². The van der Waals surface area contributed by atoms with Crippen molar-refractivity contribution in [2.75, 3.05) is 0 Å². The lowest BCUT2D eigenvalue weighted by Gasteiger charge is -2.56. The van der Waals surface area contributed by atoms with Crippen molar-refractivity contribution in [3.8, 4) is 0 Å². The fourth-order valence-corrected chi connectivity index (χ4v) is 8.89. The third-order valence-corrected chi connectivity index (χ3v) is 24.3. The maximum atomic E-state index is 11.5. The van der Waals surface area contributed by atoms with Gasteiger partial charge in [0.15, 0.2) is 25.0 Å². The van der Waals surface area contributed by atoms with Crippen LogP contribution in [0.4, 0.5) is 0 Å². The van der Waals surface area contributed by atoms with Crippen LogP contribution in [0.5, 0.6) is 0 Å². The van der Waals surface area contributed by atoms with Crippen LogP contribution in [-0.4, -0.2) is 74.0 Å². The molecule has 0 aromatic heterocycles. The maximum Gasteiger partial charge on any atom is 0.193 e. The number of rotatable bonds is 10. The number of aldehydes is 1. The van der Waals surface area contributed by atoms with E-state index in [2.05, 4.69) is 134 Å². The van der Waals surface area contributed by atoms with E-state index in [1.807, 2.05) is 0 Å². The summed E-state index contributed by atoms with van der Waals surface area (Å²) in [4.78, 5) is 11.5. The number of halogens is 1. The van der Waals surface area contributed by atoms with Gasteiger partial charge in [-0.15, -0.1) is 0 Å². The summed E-state index contributed by atoms with van der Waals surface area (Å²) in [6.45, 7) is 34.3. The molecule has 2 aliphatic heterocycles. The summed E-state index contributed by atoms with van der Waals surface area (Å²) < 4.78 is 37.6. The molecule has 240 valence electrons. The first-order chi connectivity index (χ1) is 18.4. The van der Waals surface area contributed by atoms with E-state index in [9.17, 15) is 4.79 Å². The van der Waals surface area contributed by atoms with Gasteiger partial charge in [-0.25, -0.2) is 0 Å². The molecule has 6 nitrogen and oxygen atoms in total. The summed E-state index contributed by atoms with van der Waals surface area (Å²) >= 11 is 2.29. The van der Waals surface area contributed by atoms with Crippen molar-refractivity contribution in [2.24, 2.45) is 0 Å². The Bertz CT molecular complexity index is 903. The Balaban J connectivity index is 2.73. The van der Waals surface area contributed by atoms with Crippen LogP contribution in [-0.2, 0) is 27.5 Å². The minimum absolute atomic E-state index is 0.00170. The standard InChI is InChI=1S/C31H61IO6Si3/c1-29(2,3)39(10,11)36-24(18-20-32)26-28(38-41(14,15)31(7,8)9)27(37-40(12,13)30(4,5)6)25-23(35-26)17-16-22(34-25)19-21-33/h18,20-28H,16-17,19H2,1-15H3/b20-18+/t22?,23-,24?,25-,26?,27-,28+/m0/s1. The van der Waals surface area contributed by atoms with Gasteiger partial charge in [0.2, 0.25) is 0 Å². The maximum absolute atomic E-state index is 11.5. The molecular weight excluding hydrogens is 679 g/mol. The van der Waals surface area contributed by atoms with Gasteiger partial charge in [0.25, 0.3) is 0 Å². The predicted octanol–water partition coefficient (Wildman–Crippen LogP) is 9.01. The zero-order chi connectivity index (χ0) is 31.8. The second-order valence-electron chi connectivity index (χ2n) is 16.7. The Hall–Kier alpha value is 0.591. The first-order valence-corrected chi connectivity index (χ1v) is 25.4. The molecule has 0 amide bonds. The molecule has 0 aromatic carbocycles. The lowest BCUT2D eigenvalue weighted by atomic mass is 9.87. The number of carbonyl (C=O) groups excluding carboxylic acids is 1. The van der Waals surface area contributed by atoms with E-state index in [0.29, 0.717) is 6.42 Å². The number of ether oxygens (including phenoxy) is 2. The first-order valence-electron chi connectivity index (χ1n) is 15.4. The second kappa shape index (κ2) is 13.5. The molecular formula is C31H61IO6Si3. The van der Waals surface area contributed by atoms with Gasteiger partial charge < -0.3 is 27.5 Å². The van der Waals surface area contributed by atoms with Gasteiger partial charge in [-0.05, 0) is 77.4 Å². The van der Waals surface area contributed by atoms with E-state index in [0.717, 1.165) is 19.1 Å². The molecule has 0 aromatic rings. The van der Waals surface area contributed by atoms with E-state index in [4.69, 9.17) is 22.8 Å². The predicted molar refractivity (Wildman–Crippen MR) is 187 cm³/mol. The third kappa shape index (κ3) is 9.08. The van der Waals surface area contributed by atoms with Gasteiger partial charge in [-0.2, -0.15) is 0 Å². The molecule has 0 radical (unpaired) electrons. The lowest BCUT2D eigenvalue weighted by molar-refractivity contribution is -0.266. The first kappa shape index (κ1) is 37.8. The van der Waals surface area contributed by atoms with Crippen molar-refractivity contribution in [1.29, 1.82) is 0 Å². The molecule has 0 bridgehead atoms. The highest BCUT2D eigenvalue weighted by atomic mass is 127. The Labute approximate surface area is 268 Å². The molecule has 0 aliphatic carbocycles. The zero-order valence-electron chi connectivity index (χ0n) is 28.7. The fraction of sp³-hybridized carbons (Fsp3) is 0.903. The summed E-state index contributed by atoms with van der Waals surface area (Å²) in [5.74, 6) is 0. The summed E-state index contributed by atoms with van der Waals surface area (Å²) in [5, 5.41) is 0.0521. The average molecular weight is 741 g/mol. The number of fused-ring (bicyclic) bond motifs is 1. The monoisotopic (exact) mass is 740 g/mol. The molecule has 2 heterocycles. The van der Waals surface area contributed by atoms with Gasteiger partial charge in [0.1, 0.15) is 30.7 Å². The highest BCUT2D eigenvalue weighted by Crippen LogP contribution is 2.47. The van der Waals surface area contributed by atoms with Crippen molar-refractivity contribution in [3.63, 3.8) is 0 Å². The molecule has 2 rings (SSSR count). The van der Waals surface area contributed by atoms with E-state index >= 15 is 0 Å². The molecule has 41 heavy (non-hydrogen) atoms. The Morgan fingerprint density at radius 3 is 1.71 bits per heavy atom. The summed E-state index contributed by atoms with van der Waals surface area (Å²) in [7, 11) is -6.69. The van der Waals surface area contributed by atoms with E-state index < -0.39 is 25.0 Å². The SMILES string of the molecule is CC(C)(C)[Si](C)(C)OC(/C=C/I)C1O[C@H]2CCC(CC=O)O[C@@H]2[C@H](O[Si](C)(C)C(C)(C)C)[C@@H]1O[Si](C)(C)C(C)(C)C. The van der Waals surface area contributed by atoms with Gasteiger partial charge in [-0.1, -0.05) is 84.9 Å². The van der Waals surface area contributed by atoms with E-state index in [-0.39, 0.29) is 57.8 Å². The summed E-state index contributed by atoms with van der Waals surface area (Å²) in [6.07, 6.45) is 3.25. The van der Waals surface area contributed by atoms with Gasteiger partial charge in [0.05, 0.1) is 18.3 Å². The normalized spacial score (nSPS) is 29.9. The zero-order valence-corrected chi connectivity index (χ0v) is 33.9. The van der Waals surface area contributed by atoms with Crippen LogP contribution in [0.2, 0.25) is 54.4 Å². The molecule has 2 aliphatic rings. The molecule has 2 fully saturated rings. The summed E-state index contributed by atoms with van der Waals surface area (Å²) in [6, 6.07) is 0. The molecule has 0 N–H and O–H groups in total. The molecule has 3 unspecified atom stereocenters. The van der Waals surface area contributed by atoms with Crippen molar-refractivity contribution in [2.45, 2.75) is 179 Å². The minimum atomic E-state index is -2.28. The van der Waals surface area contributed by atoms with E-state index in [1.165, 1.54) is 0 Å². The molecule has 7 atom stereocenters. The summed E-state index contributed by atoms with van der Waals surface area (Å²) in [5.41, 5.74) is 0. The number of hydrogen-bond donors (Lipinski definition) is 0. The minimum Gasteiger partial charge on any atom is -0.408 e. The van der Waals surface area contributed by atoms with Crippen molar-refractivity contribution < 1.29 is 27.5 Å². The van der Waals surface area contributed by atoms with Crippen molar-refractivity contribution >= 4 is 53.8 Å². The highest BCUT2D eigenvalue weighted by molar-refractivity contribution is 14.1. The van der Waals surface area contributed by atoms with Crippen LogP contribution in [0.3, 0.4) is 0 Å². The van der Waals surface area contributed by atoms with Gasteiger partial charge >= 0.3 is 0 Å². The van der Waals surface area contributed by atoms with Crippen LogP contribution in [0, 0.1) is 0 Å². The van der Waals surface area contributed by atoms with Crippen molar-refractivity contribution in [1.82, 2.24) is 0 Å². The highest BCUT2D eigenvalue weighted by Gasteiger charge is 2.57. The van der Waals surface area contributed by atoms with E-state index in [1.54, 1.807) is 0 Å². The van der Waals surface area contributed by atoms with Crippen LogP contribution in [0.1, 0.15) is 81.6 Å². The molecule has 0 spiro atoms. The van der Waals surface area contributed by atoms with Crippen LogP contribution >= 0.6 is 22.6 Å².